The second-order valence-electron chi connectivity index (χ2n) is 6.18. The SMILES string of the molecule is O=C(c1ccnc(Nc2c(Cl)cccc2Cl)n1)N1CCCc2ccccc21. The third-order valence-electron chi connectivity index (χ3n) is 4.43. The molecule has 0 fully saturated rings. The molecule has 0 saturated heterocycles. The van der Waals surface area contributed by atoms with Gasteiger partial charge in [-0.05, 0) is 42.7 Å². The topological polar surface area (TPSA) is 58.1 Å². The molecule has 1 aromatic heterocycles. The zero-order valence-corrected chi connectivity index (χ0v) is 15.8. The van der Waals surface area contributed by atoms with Crippen LogP contribution in [0.15, 0.2) is 54.7 Å². The first kappa shape index (κ1) is 17.8. The van der Waals surface area contributed by atoms with Crippen LogP contribution in [0.4, 0.5) is 17.3 Å². The van der Waals surface area contributed by atoms with Crippen LogP contribution in [0.1, 0.15) is 22.5 Å². The Morgan fingerprint density at radius 3 is 2.63 bits per heavy atom. The van der Waals surface area contributed by atoms with E-state index >= 15 is 0 Å². The number of amides is 1. The molecule has 0 bridgehead atoms. The molecule has 136 valence electrons. The standard InChI is InChI=1S/C20H16Cl2N4O/c21-14-7-3-8-15(22)18(14)25-20-23-11-10-16(24-20)19(27)26-12-4-6-13-5-1-2-9-17(13)26/h1-3,5,7-11H,4,6,12H2,(H,23,24,25). The van der Waals surface area contributed by atoms with Gasteiger partial charge in [-0.25, -0.2) is 9.97 Å². The van der Waals surface area contributed by atoms with Gasteiger partial charge < -0.3 is 10.2 Å². The summed E-state index contributed by atoms with van der Waals surface area (Å²) in [5.74, 6) is 0.110. The predicted octanol–water partition coefficient (Wildman–Crippen LogP) is 5.12. The lowest BCUT2D eigenvalue weighted by Gasteiger charge is -2.29. The molecule has 1 aliphatic heterocycles. The normalized spacial score (nSPS) is 13.2. The third-order valence-corrected chi connectivity index (χ3v) is 5.06. The number of nitrogens with one attached hydrogen (secondary N) is 1. The fourth-order valence-corrected chi connectivity index (χ4v) is 3.64. The molecule has 0 unspecified atom stereocenters. The van der Waals surface area contributed by atoms with Crippen molar-refractivity contribution in [3.05, 3.63) is 76.0 Å². The number of aryl methyl sites for hydroxylation is 1. The summed E-state index contributed by atoms with van der Waals surface area (Å²) < 4.78 is 0. The lowest BCUT2D eigenvalue weighted by molar-refractivity contribution is 0.0980. The van der Waals surface area contributed by atoms with Crippen molar-refractivity contribution in [2.75, 3.05) is 16.8 Å². The highest BCUT2D eigenvalue weighted by Gasteiger charge is 2.24. The van der Waals surface area contributed by atoms with Gasteiger partial charge in [-0.15, -0.1) is 0 Å². The van der Waals surface area contributed by atoms with Crippen LogP contribution in [0.5, 0.6) is 0 Å². The Balaban J connectivity index is 1.63. The van der Waals surface area contributed by atoms with Crippen LogP contribution in [0.25, 0.3) is 0 Å². The maximum absolute atomic E-state index is 13.1. The minimum Gasteiger partial charge on any atom is -0.322 e. The molecule has 5 nitrogen and oxygen atoms in total. The second-order valence-corrected chi connectivity index (χ2v) is 6.99. The van der Waals surface area contributed by atoms with Gasteiger partial charge in [0.1, 0.15) is 5.69 Å². The summed E-state index contributed by atoms with van der Waals surface area (Å²) in [6.07, 6.45) is 3.44. The van der Waals surface area contributed by atoms with Crippen molar-refractivity contribution in [3.8, 4) is 0 Å². The third kappa shape index (κ3) is 3.61. The first-order valence-corrected chi connectivity index (χ1v) is 9.33. The van der Waals surface area contributed by atoms with Crippen molar-refractivity contribution < 1.29 is 4.79 Å². The lowest BCUT2D eigenvalue weighted by atomic mass is 10.0. The molecule has 1 amide bonds. The molecule has 7 heteroatoms. The Kier molecular flexibility index (Phi) is 4.97. The van der Waals surface area contributed by atoms with Gasteiger partial charge in [0.25, 0.3) is 5.91 Å². The van der Waals surface area contributed by atoms with Crippen LogP contribution in [0, 0.1) is 0 Å². The van der Waals surface area contributed by atoms with Gasteiger partial charge >= 0.3 is 0 Å². The smallest absolute Gasteiger partial charge is 0.277 e. The quantitative estimate of drug-likeness (QED) is 0.664. The molecule has 1 N–H and O–H groups in total. The number of aromatic nitrogens is 2. The number of halogens is 2. The molecule has 0 spiro atoms. The molecule has 0 saturated carbocycles. The molecule has 27 heavy (non-hydrogen) atoms. The largest absolute Gasteiger partial charge is 0.322 e. The van der Waals surface area contributed by atoms with Crippen LogP contribution < -0.4 is 10.2 Å². The van der Waals surface area contributed by atoms with E-state index in [9.17, 15) is 4.79 Å². The summed E-state index contributed by atoms with van der Waals surface area (Å²) in [6.45, 7) is 0.666. The number of para-hydroxylation sites is 2. The van der Waals surface area contributed by atoms with Crippen molar-refractivity contribution in [1.82, 2.24) is 9.97 Å². The minimum atomic E-state index is -0.155. The van der Waals surface area contributed by atoms with Crippen molar-refractivity contribution in [2.45, 2.75) is 12.8 Å². The summed E-state index contributed by atoms with van der Waals surface area (Å²) in [5, 5.41) is 3.90. The second kappa shape index (κ2) is 7.55. The summed E-state index contributed by atoms with van der Waals surface area (Å²) in [4.78, 5) is 23.4. The Labute approximate surface area is 167 Å². The van der Waals surface area contributed by atoms with Crippen molar-refractivity contribution in [1.29, 1.82) is 0 Å². The maximum Gasteiger partial charge on any atom is 0.277 e. The van der Waals surface area contributed by atoms with Crippen LogP contribution in [0.2, 0.25) is 10.0 Å². The Morgan fingerprint density at radius 1 is 1.04 bits per heavy atom. The highest BCUT2D eigenvalue weighted by Crippen LogP contribution is 2.32. The van der Waals surface area contributed by atoms with Gasteiger partial charge in [0, 0.05) is 18.4 Å². The van der Waals surface area contributed by atoms with Gasteiger partial charge in [0.15, 0.2) is 0 Å². The predicted molar refractivity (Wildman–Crippen MR) is 108 cm³/mol. The first-order chi connectivity index (χ1) is 13.1. The van der Waals surface area contributed by atoms with E-state index in [-0.39, 0.29) is 11.9 Å². The van der Waals surface area contributed by atoms with E-state index in [0.717, 1.165) is 18.5 Å². The van der Waals surface area contributed by atoms with Crippen LogP contribution >= 0.6 is 23.2 Å². The average Bonchev–Trinajstić information content (AvgIpc) is 2.70. The van der Waals surface area contributed by atoms with E-state index in [2.05, 4.69) is 21.4 Å². The molecule has 3 aromatic rings. The summed E-state index contributed by atoms with van der Waals surface area (Å²) in [7, 11) is 0. The summed E-state index contributed by atoms with van der Waals surface area (Å²) in [6, 6.07) is 14.8. The number of carbonyl (C=O) groups excluding carboxylic acids is 1. The van der Waals surface area contributed by atoms with E-state index in [4.69, 9.17) is 23.2 Å². The molecule has 1 aliphatic rings. The van der Waals surface area contributed by atoms with E-state index in [0.29, 0.717) is 28.0 Å². The summed E-state index contributed by atoms with van der Waals surface area (Å²) >= 11 is 12.4. The minimum absolute atomic E-state index is 0.155. The number of anilines is 3. The fourth-order valence-electron chi connectivity index (χ4n) is 3.15. The van der Waals surface area contributed by atoms with E-state index < -0.39 is 0 Å². The van der Waals surface area contributed by atoms with E-state index in [1.807, 2.05) is 18.2 Å². The zero-order valence-electron chi connectivity index (χ0n) is 14.3. The van der Waals surface area contributed by atoms with Gasteiger partial charge in [0.05, 0.1) is 15.7 Å². The van der Waals surface area contributed by atoms with Gasteiger partial charge in [-0.3, -0.25) is 4.79 Å². The van der Waals surface area contributed by atoms with Gasteiger partial charge in [-0.2, -0.15) is 0 Å². The van der Waals surface area contributed by atoms with E-state index in [1.165, 1.54) is 5.56 Å². The van der Waals surface area contributed by atoms with Crippen LogP contribution in [-0.2, 0) is 6.42 Å². The monoisotopic (exact) mass is 398 g/mol. The highest BCUT2D eigenvalue weighted by molar-refractivity contribution is 6.39. The lowest BCUT2D eigenvalue weighted by Crippen LogP contribution is -2.36. The maximum atomic E-state index is 13.1. The molecule has 2 aromatic carbocycles. The number of fused-ring (bicyclic) bond motifs is 1. The molecule has 0 atom stereocenters. The molecular formula is C20H16Cl2N4O. The zero-order chi connectivity index (χ0) is 18.8. The number of hydrogen-bond acceptors (Lipinski definition) is 4. The van der Waals surface area contributed by atoms with Gasteiger partial charge in [0.2, 0.25) is 5.95 Å². The Bertz CT molecular complexity index is 989. The molecular weight excluding hydrogens is 383 g/mol. The Morgan fingerprint density at radius 2 is 1.81 bits per heavy atom. The molecule has 4 rings (SSSR count). The van der Waals surface area contributed by atoms with Crippen molar-refractivity contribution in [2.24, 2.45) is 0 Å². The molecule has 0 radical (unpaired) electrons. The van der Waals surface area contributed by atoms with Gasteiger partial charge in [-0.1, -0.05) is 47.5 Å². The van der Waals surface area contributed by atoms with E-state index in [1.54, 1.807) is 35.4 Å². The number of benzene rings is 2. The summed E-state index contributed by atoms with van der Waals surface area (Å²) in [5.41, 5.74) is 2.93. The van der Waals surface area contributed by atoms with Crippen LogP contribution in [-0.4, -0.2) is 22.4 Å². The highest BCUT2D eigenvalue weighted by atomic mass is 35.5. The molecule has 2 heterocycles. The fraction of sp³-hybridized carbons (Fsp3) is 0.150. The van der Waals surface area contributed by atoms with Crippen LogP contribution in [0.3, 0.4) is 0 Å². The number of carbonyl (C=O) groups is 1. The van der Waals surface area contributed by atoms with Crippen molar-refractivity contribution >= 4 is 46.4 Å². The Hall–Kier alpha value is -2.63. The average molecular weight is 399 g/mol. The van der Waals surface area contributed by atoms with Crippen molar-refractivity contribution in [3.63, 3.8) is 0 Å². The number of nitrogens with zero attached hydrogens (tertiary/aromatic N) is 3. The number of hydrogen-bond donors (Lipinski definition) is 1. The number of rotatable bonds is 3. The molecule has 0 aliphatic carbocycles. The first-order valence-electron chi connectivity index (χ1n) is 8.57.